The molecule has 2 aromatic rings. The van der Waals surface area contributed by atoms with E-state index < -0.39 is 4.92 Å². The molecule has 0 fully saturated rings. The third-order valence-corrected chi connectivity index (χ3v) is 3.66. The summed E-state index contributed by atoms with van der Waals surface area (Å²) in [4.78, 5) is 22.1. The maximum Gasteiger partial charge on any atom is 0.269 e. The fourth-order valence-electron chi connectivity index (χ4n) is 2.42. The summed E-state index contributed by atoms with van der Waals surface area (Å²) in [6.45, 7) is 2.52. The number of ether oxygens (including phenoxy) is 1. The molecule has 1 amide bonds. The molecule has 0 saturated carbocycles. The second kappa shape index (κ2) is 8.10. The summed E-state index contributed by atoms with van der Waals surface area (Å²) in [5, 5.41) is 13.5. The number of non-ortho nitro benzene ring substituents is 1. The Kier molecular flexibility index (Phi) is 5.89. The highest BCUT2D eigenvalue weighted by atomic mass is 16.6. The lowest BCUT2D eigenvalue weighted by Gasteiger charge is -2.10. The van der Waals surface area contributed by atoms with Crippen LogP contribution in [-0.2, 0) is 17.6 Å². The van der Waals surface area contributed by atoms with Crippen LogP contribution in [0.2, 0.25) is 0 Å². The molecule has 0 bridgehead atoms. The molecule has 6 nitrogen and oxygen atoms in total. The van der Waals surface area contributed by atoms with E-state index in [1.807, 2.05) is 25.1 Å². The molecule has 0 heterocycles. The third-order valence-electron chi connectivity index (χ3n) is 3.66. The Balaban J connectivity index is 1.85. The van der Waals surface area contributed by atoms with Crippen LogP contribution in [0.5, 0.6) is 5.75 Å². The predicted molar refractivity (Wildman–Crippen MR) is 91.2 cm³/mol. The SMILES string of the molecule is COc1ccc(C)cc1CCNC(=O)Cc1ccc([N+](=O)[O-])cc1. The number of nitro groups is 1. The first-order valence-corrected chi connectivity index (χ1v) is 7.63. The van der Waals surface area contributed by atoms with Crippen molar-refractivity contribution in [2.75, 3.05) is 13.7 Å². The molecular weight excluding hydrogens is 308 g/mol. The minimum atomic E-state index is -0.459. The average Bonchev–Trinajstić information content (AvgIpc) is 2.55. The highest BCUT2D eigenvalue weighted by molar-refractivity contribution is 5.78. The molecule has 2 aromatic carbocycles. The highest BCUT2D eigenvalue weighted by Gasteiger charge is 2.08. The number of hydrogen-bond donors (Lipinski definition) is 1. The van der Waals surface area contributed by atoms with Gasteiger partial charge in [0, 0.05) is 18.7 Å². The molecule has 0 aliphatic rings. The van der Waals surface area contributed by atoms with E-state index >= 15 is 0 Å². The number of hydrogen-bond acceptors (Lipinski definition) is 4. The average molecular weight is 328 g/mol. The fourth-order valence-corrected chi connectivity index (χ4v) is 2.42. The van der Waals surface area contributed by atoms with E-state index in [4.69, 9.17) is 4.74 Å². The summed E-state index contributed by atoms with van der Waals surface area (Å²) in [5.41, 5.74) is 2.95. The molecule has 24 heavy (non-hydrogen) atoms. The predicted octanol–water partition coefficient (Wildman–Crippen LogP) is 2.81. The van der Waals surface area contributed by atoms with Crippen molar-refractivity contribution < 1.29 is 14.5 Å². The zero-order valence-corrected chi connectivity index (χ0v) is 13.7. The first-order chi connectivity index (χ1) is 11.5. The molecule has 0 aliphatic heterocycles. The van der Waals surface area contributed by atoms with Crippen molar-refractivity contribution in [3.8, 4) is 5.75 Å². The van der Waals surface area contributed by atoms with Crippen LogP contribution >= 0.6 is 0 Å². The monoisotopic (exact) mass is 328 g/mol. The summed E-state index contributed by atoms with van der Waals surface area (Å²) < 4.78 is 5.32. The summed E-state index contributed by atoms with van der Waals surface area (Å²) >= 11 is 0. The number of nitrogens with zero attached hydrogens (tertiary/aromatic N) is 1. The van der Waals surface area contributed by atoms with E-state index in [-0.39, 0.29) is 18.0 Å². The molecule has 0 aliphatic carbocycles. The zero-order chi connectivity index (χ0) is 17.5. The van der Waals surface area contributed by atoms with Gasteiger partial charge in [0.1, 0.15) is 5.75 Å². The third kappa shape index (κ3) is 4.81. The number of rotatable bonds is 7. The number of carbonyl (C=O) groups excluding carboxylic acids is 1. The van der Waals surface area contributed by atoms with Gasteiger partial charge in [0.15, 0.2) is 0 Å². The summed E-state index contributed by atoms with van der Waals surface area (Å²) in [6, 6.07) is 11.9. The summed E-state index contributed by atoms with van der Waals surface area (Å²) in [5.74, 6) is 0.695. The Morgan fingerprint density at radius 1 is 1.21 bits per heavy atom. The normalized spacial score (nSPS) is 10.2. The molecule has 126 valence electrons. The second-order valence-electron chi connectivity index (χ2n) is 5.52. The van der Waals surface area contributed by atoms with Gasteiger partial charge in [-0.1, -0.05) is 29.8 Å². The molecule has 0 unspecified atom stereocenters. The van der Waals surface area contributed by atoms with E-state index in [0.717, 1.165) is 22.4 Å². The van der Waals surface area contributed by atoms with Gasteiger partial charge in [-0.2, -0.15) is 0 Å². The minimum Gasteiger partial charge on any atom is -0.496 e. The number of carbonyl (C=O) groups is 1. The van der Waals surface area contributed by atoms with Crippen molar-refractivity contribution in [2.45, 2.75) is 19.8 Å². The number of benzene rings is 2. The van der Waals surface area contributed by atoms with Crippen LogP contribution < -0.4 is 10.1 Å². The first kappa shape index (κ1) is 17.5. The lowest BCUT2D eigenvalue weighted by Crippen LogP contribution is -2.27. The zero-order valence-electron chi connectivity index (χ0n) is 13.7. The van der Waals surface area contributed by atoms with Crippen LogP contribution in [0.1, 0.15) is 16.7 Å². The Labute approximate surface area is 140 Å². The lowest BCUT2D eigenvalue weighted by molar-refractivity contribution is -0.384. The molecule has 1 N–H and O–H groups in total. The van der Waals surface area contributed by atoms with Crippen LogP contribution in [0.25, 0.3) is 0 Å². The molecular formula is C18H20N2O4. The van der Waals surface area contributed by atoms with E-state index in [9.17, 15) is 14.9 Å². The minimum absolute atomic E-state index is 0.0192. The molecule has 6 heteroatoms. The van der Waals surface area contributed by atoms with Gasteiger partial charge in [0.2, 0.25) is 5.91 Å². The van der Waals surface area contributed by atoms with Crippen LogP contribution in [0, 0.1) is 17.0 Å². The van der Waals surface area contributed by atoms with Crippen molar-refractivity contribution in [3.05, 3.63) is 69.3 Å². The first-order valence-electron chi connectivity index (χ1n) is 7.63. The van der Waals surface area contributed by atoms with Gasteiger partial charge in [0.25, 0.3) is 5.69 Å². The number of nitrogens with one attached hydrogen (secondary N) is 1. The van der Waals surface area contributed by atoms with Gasteiger partial charge in [-0.3, -0.25) is 14.9 Å². The molecule has 2 rings (SSSR count). The van der Waals surface area contributed by atoms with Gasteiger partial charge < -0.3 is 10.1 Å². The van der Waals surface area contributed by atoms with Crippen LogP contribution in [-0.4, -0.2) is 24.5 Å². The highest BCUT2D eigenvalue weighted by Crippen LogP contribution is 2.19. The van der Waals surface area contributed by atoms with Gasteiger partial charge in [-0.05, 0) is 30.5 Å². The van der Waals surface area contributed by atoms with E-state index in [1.165, 1.54) is 12.1 Å². The standard InChI is InChI=1S/C18H20N2O4/c1-13-3-8-17(24-2)15(11-13)9-10-19-18(21)12-14-4-6-16(7-5-14)20(22)23/h3-8,11H,9-10,12H2,1-2H3,(H,19,21). The number of amides is 1. The maximum atomic E-state index is 12.0. The van der Waals surface area contributed by atoms with Crippen molar-refractivity contribution in [1.29, 1.82) is 0 Å². The van der Waals surface area contributed by atoms with Gasteiger partial charge in [-0.15, -0.1) is 0 Å². The Bertz CT molecular complexity index is 726. The van der Waals surface area contributed by atoms with Gasteiger partial charge >= 0.3 is 0 Å². The maximum absolute atomic E-state index is 12.0. The van der Waals surface area contributed by atoms with Crippen molar-refractivity contribution in [1.82, 2.24) is 5.32 Å². The van der Waals surface area contributed by atoms with E-state index in [0.29, 0.717) is 13.0 Å². The fraction of sp³-hybridized carbons (Fsp3) is 0.278. The van der Waals surface area contributed by atoms with E-state index in [1.54, 1.807) is 19.2 Å². The van der Waals surface area contributed by atoms with Gasteiger partial charge in [-0.25, -0.2) is 0 Å². The molecule has 0 radical (unpaired) electrons. The van der Waals surface area contributed by atoms with Crippen molar-refractivity contribution in [3.63, 3.8) is 0 Å². The Morgan fingerprint density at radius 3 is 2.54 bits per heavy atom. The number of nitro benzene ring substituents is 1. The molecule has 0 aromatic heterocycles. The van der Waals surface area contributed by atoms with Gasteiger partial charge in [0.05, 0.1) is 18.5 Å². The van der Waals surface area contributed by atoms with Crippen LogP contribution in [0.4, 0.5) is 5.69 Å². The number of methoxy groups -OCH3 is 1. The topological polar surface area (TPSA) is 81.5 Å². The Hall–Kier alpha value is -2.89. The van der Waals surface area contributed by atoms with Crippen molar-refractivity contribution in [2.24, 2.45) is 0 Å². The largest absolute Gasteiger partial charge is 0.496 e. The Morgan fingerprint density at radius 2 is 1.92 bits per heavy atom. The number of aryl methyl sites for hydroxylation is 1. The lowest BCUT2D eigenvalue weighted by atomic mass is 10.1. The van der Waals surface area contributed by atoms with Crippen LogP contribution in [0.15, 0.2) is 42.5 Å². The second-order valence-corrected chi connectivity index (χ2v) is 5.52. The summed E-state index contributed by atoms with van der Waals surface area (Å²) in [6.07, 6.45) is 0.875. The van der Waals surface area contributed by atoms with E-state index in [2.05, 4.69) is 5.32 Å². The molecule has 0 atom stereocenters. The van der Waals surface area contributed by atoms with Crippen molar-refractivity contribution >= 4 is 11.6 Å². The van der Waals surface area contributed by atoms with Crippen LogP contribution in [0.3, 0.4) is 0 Å². The molecule has 0 saturated heterocycles. The molecule has 0 spiro atoms. The summed E-state index contributed by atoms with van der Waals surface area (Å²) in [7, 11) is 1.63. The quantitative estimate of drug-likeness (QED) is 0.626. The smallest absolute Gasteiger partial charge is 0.269 e.